The monoisotopic (exact) mass is 207 g/mol. The lowest BCUT2D eigenvalue weighted by Crippen LogP contribution is -1.87. The lowest BCUT2D eigenvalue weighted by Gasteiger charge is -2.04. The highest BCUT2D eigenvalue weighted by atomic mass is 32.2. The Balaban J connectivity index is 2.64. The molecule has 0 fully saturated rings. The predicted octanol–water partition coefficient (Wildman–Crippen LogP) is 3.64. The highest BCUT2D eigenvalue weighted by molar-refractivity contribution is 7.99. The molecule has 0 aliphatic carbocycles. The Kier molecular flexibility index (Phi) is 4.08. The predicted molar refractivity (Wildman–Crippen MR) is 65.7 cm³/mol. The van der Waals surface area contributed by atoms with Gasteiger partial charge in [0.05, 0.1) is 0 Å². The van der Waals surface area contributed by atoms with Crippen LogP contribution in [-0.2, 0) is 0 Å². The van der Waals surface area contributed by atoms with Crippen molar-refractivity contribution in [2.24, 2.45) is 0 Å². The van der Waals surface area contributed by atoms with Crippen LogP contribution in [0.4, 0.5) is 5.69 Å². The standard InChI is InChI=1S/C12H17NS/c1-9(2)6-7-14-12-5-4-11(13)8-10(12)3/h4-6,8H,7,13H2,1-3H3. The number of benzene rings is 1. The van der Waals surface area contributed by atoms with Crippen molar-refractivity contribution in [3.05, 3.63) is 35.4 Å². The first-order chi connectivity index (χ1) is 6.59. The van der Waals surface area contributed by atoms with E-state index in [9.17, 15) is 0 Å². The van der Waals surface area contributed by atoms with Crippen molar-refractivity contribution in [1.82, 2.24) is 0 Å². The molecule has 0 unspecified atom stereocenters. The van der Waals surface area contributed by atoms with E-state index in [0.29, 0.717) is 0 Å². The minimum atomic E-state index is 0.842. The van der Waals surface area contributed by atoms with Gasteiger partial charge in [-0.1, -0.05) is 11.6 Å². The van der Waals surface area contributed by atoms with Gasteiger partial charge in [-0.2, -0.15) is 0 Å². The second kappa shape index (κ2) is 5.11. The summed E-state index contributed by atoms with van der Waals surface area (Å²) in [6, 6.07) is 6.07. The van der Waals surface area contributed by atoms with Crippen LogP contribution in [0.3, 0.4) is 0 Å². The zero-order chi connectivity index (χ0) is 10.6. The van der Waals surface area contributed by atoms with Gasteiger partial charge in [0, 0.05) is 16.3 Å². The van der Waals surface area contributed by atoms with E-state index in [-0.39, 0.29) is 0 Å². The highest BCUT2D eigenvalue weighted by Crippen LogP contribution is 2.24. The fourth-order valence-corrected chi connectivity index (χ4v) is 2.18. The van der Waals surface area contributed by atoms with Crippen LogP contribution in [0.25, 0.3) is 0 Å². The maximum atomic E-state index is 5.68. The summed E-state index contributed by atoms with van der Waals surface area (Å²) in [5.74, 6) is 1.03. The Morgan fingerprint density at radius 1 is 1.43 bits per heavy atom. The highest BCUT2D eigenvalue weighted by Gasteiger charge is 1.97. The van der Waals surface area contributed by atoms with Crippen molar-refractivity contribution < 1.29 is 0 Å². The van der Waals surface area contributed by atoms with Crippen LogP contribution in [0.1, 0.15) is 19.4 Å². The van der Waals surface area contributed by atoms with Crippen molar-refractivity contribution in [2.75, 3.05) is 11.5 Å². The van der Waals surface area contributed by atoms with E-state index in [1.165, 1.54) is 16.0 Å². The Labute approximate surface area is 90.4 Å². The van der Waals surface area contributed by atoms with Gasteiger partial charge < -0.3 is 5.73 Å². The van der Waals surface area contributed by atoms with Crippen LogP contribution in [0, 0.1) is 6.92 Å². The Bertz CT molecular complexity index is 338. The Morgan fingerprint density at radius 3 is 2.71 bits per heavy atom. The lowest BCUT2D eigenvalue weighted by molar-refractivity contribution is 1.30. The molecule has 1 nitrogen and oxygen atoms in total. The van der Waals surface area contributed by atoms with Gasteiger partial charge in [0.25, 0.3) is 0 Å². The van der Waals surface area contributed by atoms with E-state index < -0.39 is 0 Å². The molecule has 1 aromatic carbocycles. The second-order valence-corrected chi connectivity index (χ2v) is 4.68. The molecule has 14 heavy (non-hydrogen) atoms. The number of nitrogens with two attached hydrogens (primary N) is 1. The number of nitrogen functional groups attached to an aromatic ring is 1. The molecule has 1 aromatic rings. The molecule has 0 aromatic heterocycles. The van der Waals surface area contributed by atoms with Gasteiger partial charge in [0.2, 0.25) is 0 Å². The number of thioether (sulfide) groups is 1. The van der Waals surface area contributed by atoms with Crippen molar-refractivity contribution in [3.63, 3.8) is 0 Å². The van der Waals surface area contributed by atoms with Crippen molar-refractivity contribution >= 4 is 17.4 Å². The summed E-state index contributed by atoms with van der Waals surface area (Å²) in [4.78, 5) is 1.32. The second-order valence-electron chi connectivity index (χ2n) is 3.62. The minimum Gasteiger partial charge on any atom is -0.399 e. The smallest absolute Gasteiger partial charge is 0.0317 e. The molecular weight excluding hydrogens is 190 g/mol. The Hall–Kier alpha value is -0.890. The third-order valence-electron chi connectivity index (χ3n) is 1.93. The fourth-order valence-electron chi connectivity index (χ4n) is 1.13. The van der Waals surface area contributed by atoms with E-state index in [0.717, 1.165) is 11.4 Å². The number of aryl methyl sites for hydroxylation is 1. The van der Waals surface area contributed by atoms with Gasteiger partial charge in [-0.3, -0.25) is 0 Å². The first kappa shape index (κ1) is 11.2. The molecule has 0 spiro atoms. The number of rotatable bonds is 3. The van der Waals surface area contributed by atoms with Crippen LogP contribution >= 0.6 is 11.8 Å². The van der Waals surface area contributed by atoms with E-state index in [4.69, 9.17) is 5.73 Å². The summed E-state index contributed by atoms with van der Waals surface area (Å²) < 4.78 is 0. The van der Waals surface area contributed by atoms with Crippen LogP contribution in [0.15, 0.2) is 34.7 Å². The molecule has 0 aliphatic rings. The average molecular weight is 207 g/mol. The first-order valence-corrected chi connectivity index (χ1v) is 5.70. The molecule has 0 saturated carbocycles. The average Bonchev–Trinajstić information content (AvgIpc) is 2.08. The molecule has 0 aliphatic heterocycles. The SMILES string of the molecule is CC(C)=CCSc1ccc(N)cc1C. The lowest BCUT2D eigenvalue weighted by atomic mass is 10.2. The maximum Gasteiger partial charge on any atom is 0.0317 e. The van der Waals surface area contributed by atoms with Gasteiger partial charge in [0.15, 0.2) is 0 Å². The summed E-state index contributed by atoms with van der Waals surface area (Å²) in [6.45, 7) is 6.34. The summed E-state index contributed by atoms with van der Waals surface area (Å²) >= 11 is 1.85. The molecule has 0 heterocycles. The van der Waals surface area contributed by atoms with Crippen molar-refractivity contribution in [2.45, 2.75) is 25.7 Å². The molecule has 0 atom stereocenters. The zero-order valence-electron chi connectivity index (χ0n) is 9.00. The first-order valence-electron chi connectivity index (χ1n) is 4.72. The summed E-state index contributed by atoms with van der Waals surface area (Å²) in [5, 5.41) is 0. The van der Waals surface area contributed by atoms with Gasteiger partial charge in [-0.15, -0.1) is 11.8 Å². The van der Waals surface area contributed by atoms with Crippen LogP contribution in [0.2, 0.25) is 0 Å². The van der Waals surface area contributed by atoms with Crippen LogP contribution in [0.5, 0.6) is 0 Å². The zero-order valence-corrected chi connectivity index (χ0v) is 9.82. The van der Waals surface area contributed by atoms with Gasteiger partial charge >= 0.3 is 0 Å². The molecule has 2 heteroatoms. The van der Waals surface area contributed by atoms with E-state index >= 15 is 0 Å². The Morgan fingerprint density at radius 2 is 2.14 bits per heavy atom. The van der Waals surface area contributed by atoms with Gasteiger partial charge in [-0.05, 0) is 44.5 Å². The van der Waals surface area contributed by atoms with E-state index in [1.807, 2.05) is 23.9 Å². The fraction of sp³-hybridized carbons (Fsp3) is 0.333. The minimum absolute atomic E-state index is 0.842. The van der Waals surface area contributed by atoms with Crippen molar-refractivity contribution in [1.29, 1.82) is 0 Å². The normalized spacial score (nSPS) is 9.93. The molecule has 0 radical (unpaired) electrons. The third kappa shape index (κ3) is 3.46. The summed E-state index contributed by atoms with van der Waals surface area (Å²) in [7, 11) is 0. The summed E-state index contributed by atoms with van der Waals surface area (Å²) in [5.41, 5.74) is 9.15. The molecule has 0 bridgehead atoms. The summed E-state index contributed by atoms with van der Waals surface area (Å²) in [6.07, 6.45) is 2.24. The molecule has 0 amide bonds. The van der Waals surface area contributed by atoms with Crippen LogP contribution < -0.4 is 5.73 Å². The largest absolute Gasteiger partial charge is 0.399 e. The number of hydrogen-bond acceptors (Lipinski definition) is 2. The molecule has 1 rings (SSSR count). The van der Waals surface area contributed by atoms with E-state index in [2.05, 4.69) is 32.9 Å². The topological polar surface area (TPSA) is 26.0 Å². The third-order valence-corrected chi connectivity index (χ3v) is 3.03. The maximum absolute atomic E-state index is 5.68. The molecule has 0 saturated heterocycles. The van der Waals surface area contributed by atoms with Crippen LogP contribution in [-0.4, -0.2) is 5.75 Å². The molecule has 2 N–H and O–H groups in total. The number of hydrogen-bond donors (Lipinski definition) is 1. The van der Waals surface area contributed by atoms with Crippen molar-refractivity contribution in [3.8, 4) is 0 Å². The van der Waals surface area contributed by atoms with E-state index in [1.54, 1.807) is 0 Å². The van der Waals surface area contributed by atoms with Gasteiger partial charge in [0.1, 0.15) is 0 Å². The molecular formula is C12H17NS. The quantitative estimate of drug-likeness (QED) is 0.465. The number of allylic oxidation sites excluding steroid dienone is 1. The molecule has 76 valence electrons. The van der Waals surface area contributed by atoms with Gasteiger partial charge in [-0.25, -0.2) is 0 Å². The number of anilines is 1.